The molecule has 52 heavy (non-hydrogen) atoms. The van der Waals surface area contributed by atoms with Crippen LogP contribution in [0.5, 0.6) is 0 Å². The highest BCUT2D eigenvalue weighted by molar-refractivity contribution is 6.23. The molecule has 1 nitrogen and oxygen atoms in total. The van der Waals surface area contributed by atoms with Gasteiger partial charge in [-0.3, -0.25) is 0 Å². The number of hydrogen-bond donors (Lipinski definition) is 0. The Morgan fingerprint density at radius 2 is 0.962 bits per heavy atom. The van der Waals surface area contributed by atoms with Crippen LogP contribution in [0.3, 0.4) is 0 Å². The van der Waals surface area contributed by atoms with E-state index in [2.05, 4.69) is 172 Å². The Morgan fingerprint density at radius 1 is 0.365 bits per heavy atom. The van der Waals surface area contributed by atoms with Gasteiger partial charge >= 0.3 is 0 Å². The smallest absolute Gasteiger partial charge is 0.135 e. The van der Waals surface area contributed by atoms with Gasteiger partial charge < -0.3 is 4.42 Å². The highest BCUT2D eigenvalue weighted by Gasteiger charge is 2.38. The third-order valence-corrected chi connectivity index (χ3v) is 11.6. The summed E-state index contributed by atoms with van der Waals surface area (Å²) in [6.07, 6.45) is 0. The van der Waals surface area contributed by atoms with Gasteiger partial charge in [0.05, 0.1) is 0 Å². The van der Waals surface area contributed by atoms with Gasteiger partial charge in [0.1, 0.15) is 11.2 Å². The molecule has 1 heterocycles. The van der Waals surface area contributed by atoms with Crippen LogP contribution in [0.25, 0.3) is 98.8 Å². The standard InChI is InChI=1S/C51H34O/c1-51(2)44-23-12-22-41(49(44)42-27-25-31-13-3-4-16-35(31)50(42)51)48-39-20-7-5-18-37(39)47(38-19-6-8-21-40(38)48)34-15-11-14-32(29-34)33-26-28-46-43(30-33)36-17-9-10-24-45(36)52-46/h3-30H,1-2H3. The van der Waals surface area contributed by atoms with Gasteiger partial charge in [0.25, 0.3) is 0 Å². The Balaban J connectivity index is 1.16. The Morgan fingerprint density at radius 3 is 1.73 bits per heavy atom. The number of hydrogen-bond acceptors (Lipinski definition) is 1. The van der Waals surface area contributed by atoms with Crippen molar-refractivity contribution in [3.8, 4) is 44.5 Å². The second-order valence-corrected chi connectivity index (χ2v) is 14.8. The van der Waals surface area contributed by atoms with E-state index in [4.69, 9.17) is 4.42 Å². The summed E-state index contributed by atoms with van der Waals surface area (Å²) < 4.78 is 6.16. The van der Waals surface area contributed by atoms with Crippen molar-refractivity contribution in [2.45, 2.75) is 19.3 Å². The predicted molar refractivity (Wildman–Crippen MR) is 220 cm³/mol. The van der Waals surface area contributed by atoms with Crippen LogP contribution < -0.4 is 0 Å². The first-order chi connectivity index (χ1) is 25.6. The molecule has 0 saturated carbocycles. The Bertz CT molecular complexity index is 3040. The molecule has 1 aromatic heterocycles. The number of fused-ring (bicyclic) bond motifs is 10. The quantitative estimate of drug-likeness (QED) is 0.172. The van der Waals surface area contributed by atoms with Gasteiger partial charge in [-0.05, 0) is 112 Å². The third-order valence-electron chi connectivity index (χ3n) is 11.6. The minimum atomic E-state index is -0.126. The lowest BCUT2D eigenvalue weighted by atomic mass is 9.79. The monoisotopic (exact) mass is 662 g/mol. The summed E-state index contributed by atoms with van der Waals surface area (Å²) in [7, 11) is 0. The Kier molecular flexibility index (Phi) is 6.08. The molecule has 0 fully saturated rings. The molecular weight excluding hydrogens is 629 g/mol. The molecule has 0 N–H and O–H groups in total. The Hall–Kier alpha value is -6.44. The molecule has 244 valence electrons. The summed E-state index contributed by atoms with van der Waals surface area (Å²) in [6.45, 7) is 4.79. The largest absolute Gasteiger partial charge is 0.456 e. The fourth-order valence-electron chi connectivity index (χ4n) is 9.35. The van der Waals surface area contributed by atoms with Gasteiger partial charge in [0.15, 0.2) is 0 Å². The van der Waals surface area contributed by atoms with Crippen molar-refractivity contribution >= 4 is 54.3 Å². The van der Waals surface area contributed by atoms with Crippen LogP contribution in [0.4, 0.5) is 0 Å². The zero-order valence-electron chi connectivity index (χ0n) is 29.1. The van der Waals surface area contributed by atoms with Crippen LogP contribution in [-0.2, 0) is 5.41 Å². The van der Waals surface area contributed by atoms with Gasteiger partial charge in [-0.2, -0.15) is 0 Å². The van der Waals surface area contributed by atoms with E-state index in [1.54, 1.807) is 0 Å². The molecule has 0 bridgehead atoms. The maximum absolute atomic E-state index is 6.16. The first-order valence-corrected chi connectivity index (χ1v) is 18.2. The molecule has 1 aliphatic carbocycles. The second-order valence-electron chi connectivity index (χ2n) is 14.8. The lowest BCUT2D eigenvalue weighted by molar-refractivity contribution is 0.666. The SMILES string of the molecule is CC1(C)c2cccc(-c3c4ccccc4c(-c4cccc(-c5ccc6oc7ccccc7c6c5)c4)c4ccccc34)c2-c2ccc3ccccc3c21. The zero-order valence-corrected chi connectivity index (χ0v) is 29.1. The van der Waals surface area contributed by atoms with Crippen LogP contribution in [0.2, 0.25) is 0 Å². The molecule has 1 heteroatoms. The first-order valence-electron chi connectivity index (χ1n) is 18.2. The predicted octanol–water partition coefficient (Wildman–Crippen LogP) is 14.4. The van der Waals surface area contributed by atoms with Crippen molar-refractivity contribution in [2.24, 2.45) is 0 Å². The van der Waals surface area contributed by atoms with Gasteiger partial charge in [0.2, 0.25) is 0 Å². The van der Waals surface area contributed by atoms with Gasteiger partial charge in [0, 0.05) is 16.2 Å². The lowest BCUT2D eigenvalue weighted by Gasteiger charge is -2.23. The first kappa shape index (κ1) is 29.3. The van der Waals surface area contributed by atoms with E-state index in [9.17, 15) is 0 Å². The van der Waals surface area contributed by atoms with Crippen molar-refractivity contribution < 1.29 is 4.42 Å². The van der Waals surface area contributed by atoms with Crippen LogP contribution in [0.15, 0.2) is 174 Å². The van der Waals surface area contributed by atoms with Crippen molar-refractivity contribution in [3.05, 3.63) is 181 Å². The van der Waals surface area contributed by atoms with Crippen molar-refractivity contribution in [1.29, 1.82) is 0 Å². The molecule has 0 atom stereocenters. The van der Waals surface area contributed by atoms with Crippen LogP contribution in [0.1, 0.15) is 25.0 Å². The molecule has 9 aromatic carbocycles. The van der Waals surface area contributed by atoms with E-state index < -0.39 is 0 Å². The van der Waals surface area contributed by atoms with Crippen LogP contribution in [-0.4, -0.2) is 0 Å². The molecule has 0 radical (unpaired) electrons. The Labute approximate surface area is 302 Å². The molecule has 0 aliphatic heterocycles. The fourth-order valence-corrected chi connectivity index (χ4v) is 9.35. The van der Waals surface area contributed by atoms with E-state index in [0.717, 1.165) is 21.9 Å². The van der Waals surface area contributed by atoms with Crippen molar-refractivity contribution in [2.75, 3.05) is 0 Å². The number of furan rings is 1. The topological polar surface area (TPSA) is 13.1 Å². The van der Waals surface area contributed by atoms with E-state index in [1.807, 2.05) is 12.1 Å². The molecule has 0 unspecified atom stereocenters. The lowest BCUT2D eigenvalue weighted by Crippen LogP contribution is -2.15. The van der Waals surface area contributed by atoms with E-state index in [0.29, 0.717) is 0 Å². The second kappa shape index (κ2) is 10.8. The molecular formula is C51H34O. The normalized spacial score (nSPS) is 13.3. The summed E-state index contributed by atoms with van der Waals surface area (Å²) in [6, 6.07) is 62.4. The third kappa shape index (κ3) is 4.05. The van der Waals surface area contributed by atoms with E-state index in [-0.39, 0.29) is 5.41 Å². The van der Waals surface area contributed by atoms with E-state index in [1.165, 1.54) is 88.0 Å². The van der Waals surface area contributed by atoms with Gasteiger partial charge in [-0.15, -0.1) is 0 Å². The highest BCUT2D eigenvalue weighted by atomic mass is 16.3. The number of rotatable bonds is 3. The fraction of sp³-hybridized carbons (Fsp3) is 0.0588. The average Bonchev–Trinajstić information content (AvgIpc) is 3.68. The maximum atomic E-state index is 6.16. The zero-order chi connectivity index (χ0) is 34.6. The molecule has 0 saturated heterocycles. The molecule has 0 spiro atoms. The molecule has 10 aromatic rings. The number of benzene rings is 9. The van der Waals surface area contributed by atoms with Gasteiger partial charge in [-0.1, -0.05) is 159 Å². The van der Waals surface area contributed by atoms with Crippen LogP contribution >= 0.6 is 0 Å². The van der Waals surface area contributed by atoms with Crippen LogP contribution in [0, 0.1) is 0 Å². The molecule has 11 rings (SSSR count). The van der Waals surface area contributed by atoms with Gasteiger partial charge in [-0.25, -0.2) is 0 Å². The minimum absolute atomic E-state index is 0.126. The summed E-state index contributed by atoms with van der Waals surface area (Å²) in [5, 5.41) is 10.0. The molecule has 0 amide bonds. The molecule has 1 aliphatic rings. The van der Waals surface area contributed by atoms with E-state index >= 15 is 0 Å². The summed E-state index contributed by atoms with van der Waals surface area (Å²) >= 11 is 0. The minimum Gasteiger partial charge on any atom is -0.456 e. The summed E-state index contributed by atoms with van der Waals surface area (Å²) in [5.41, 5.74) is 14.7. The summed E-state index contributed by atoms with van der Waals surface area (Å²) in [4.78, 5) is 0. The average molecular weight is 663 g/mol. The summed E-state index contributed by atoms with van der Waals surface area (Å²) in [5.74, 6) is 0. The van der Waals surface area contributed by atoms with Crippen molar-refractivity contribution in [3.63, 3.8) is 0 Å². The highest BCUT2D eigenvalue weighted by Crippen LogP contribution is 2.56. The van der Waals surface area contributed by atoms with Crippen molar-refractivity contribution in [1.82, 2.24) is 0 Å². The maximum Gasteiger partial charge on any atom is 0.135 e. The number of para-hydroxylation sites is 1.